The number of rotatable bonds is 6. The van der Waals surface area contributed by atoms with Crippen LogP contribution in [-0.2, 0) is 16.1 Å². The molecule has 144 valence electrons. The molecule has 0 fully saturated rings. The number of hydrogen-bond acceptors (Lipinski definition) is 5. The van der Waals surface area contributed by atoms with Gasteiger partial charge in [-0.15, -0.1) is 0 Å². The maximum absolute atomic E-state index is 12.4. The summed E-state index contributed by atoms with van der Waals surface area (Å²) >= 11 is 0. The third kappa shape index (κ3) is 4.49. The molecule has 0 saturated heterocycles. The molecule has 1 aromatic carbocycles. The number of benzene rings is 1. The van der Waals surface area contributed by atoms with E-state index < -0.39 is 4.92 Å². The normalized spacial score (nSPS) is 10.6. The summed E-state index contributed by atoms with van der Waals surface area (Å²) in [6, 6.07) is 5.70. The molecule has 2 rings (SSSR count). The number of carbonyl (C=O) groups excluding carboxylic acids is 2. The summed E-state index contributed by atoms with van der Waals surface area (Å²) in [5, 5.41) is 17.9. The highest BCUT2D eigenvalue weighted by molar-refractivity contribution is 5.95. The number of hydrogen-bond donors (Lipinski definition) is 1. The van der Waals surface area contributed by atoms with Gasteiger partial charge in [0, 0.05) is 12.7 Å². The zero-order valence-electron chi connectivity index (χ0n) is 16.1. The average molecular weight is 373 g/mol. The van der Waals surface area contributed by atoms with Crippen LogP contribution in [0.2, 0.25) is 0 Å². The van der Waals surface area contributed by atoms with Gasteiger partial charge in [0.15, 0.2) is 0 Å². The molecule has 27 heavy (non-hydrogen) atoms. The van der Waals surface area contributed by atoms with Gasteiger partial charge in [-0.3, -0.25) is 24.4 Å². The van der Waals surface area contributed by atoms with E-state index in [0.29, 0.717) is 5.69 Å². The van der Waals surface area contributed by atoms with Crippen molar-refractivity contribution in [3.05, 3.63) is 50.8 Å². The van der Waals surface area contributed by atoms with Crippen LogP contribution in [0.25, 0.3) is 0 Å². The molecule has 0 saturated carbocycles. The van der Waals surface area contributed by atoms with Gasteiger partial charge in [-0.05, 0) is 38.8 Å². The molecule has 0 bridgehead atoms. The molecule has 9 heteroatoms. The highest BCUT2D eigenvalue weighted by Crippen LogP contribution is 2.22. The van der Waals surface area contributed by atoms with E-state index in [9.17, 15) is 19.7 Å². The van der Waals surface area contributed by atoms with Gasteiger partial charge in [-0.1, -0.05) is 18.2 Å². The Balaban J connectivity index is 2.03. The van der Waals surface area contributed by atoms with E-state index in [2.05, 4.69) is 10.4 Å². The summed E-state index contributed by atoms with van der Waals surface area (Å²) in [5.41, 5.74) is 3.07. The van der Waals surface area contributed by atoms with Crippen molar-refractivity contribution in [3.63, 3.8) is 0 Å². The summed E-state index contributed by atoms with van der Waals surface area (Å²) in [6.07, 6.45) is 0. The first-order valence-corrected chi connectivity index (χ1v) is 8.40. The van der Waals surface area contributed by atoms with Gasteiger partial charge < -0.3 is 10.2 Å². The number of likely N-dealkylation sites (N-methyl/N-ethyl adjacent to an activating group) is 1. The Bertz CT molecular complexity index is 883. The Morgan fingerprint density at radius 3 is 2.33 bits per heavy atom. The lowest BCUT2D eigenvalue weighted by atomic mass is 10.1. The van der Waals surface area contributed by atoms with Crippen LogP contribution in [0, 0.1) is 37.8 Å². The van der Waals surface area contributed by atoms with E-state index in [4.69, 9.17) is 0 Å². The smallest absolute Gasteiger partial charge is 0.312 e. The Hall–Kier alpha value is -3.23. The van der Waals surface area contributed by atoms with Crippen LogP contribution in [0.15, 0.2) is 18.2 Å². The largest absolute Gasteiger partial charge is 0.335 e. The van der Waals surface area contributed by atoms with Gasteiger partial charge in [-0.2, -0.15) is 5.10 Å². The molecule has 0 radical (unpaired) electrons. The minimum absolute atomic E-state index is 0.0989. The van der Waals surface area contributed by atoms with Crippen LogP contribution in [0.1, 0.15) is 22.5 Å². The fourth-order valence-electron chi connectivity index (χ4n) is 2.85. The summed E-state index contributed by atoms with van der Waals surface area (Å²) in [4.78, 5) is 36.5. The van der Waals surface area contributed by atoms with Crippen molar-refractivity contribution in [3.8, 4) is 0 Å². The van der Waals surface area contributed by atoms with E-state index in [1.807, 2.05) is 32.0 Å². The van der Waals surface area contributed by atoms with Crippen LogP contribution in [0.5, 0.6) is 0 Å². The quantitative estimate of drug-likeness (QED) is 0.616. The SMILES string of the molecule is Cc1cccc(C)c1NC(=O)CN(C)C(=O)Cn1nc(C)c([N+](=O)[O-])c1C. The molecular formula is C18H23N5O4. The molecule has 0 atom stereocenters. The maximum atomic E-state index is 12.4. The van der Waals surface area contributed by atoms with Crippen molar-refractivity contribution in [1.82, 2.24) is 14.7 Å². The first-order chi connectivity index (χ1) is 12.6. The fraction of sp³-hybridized carbons (Fsp3) is 0.389. The maximum Gasteiger partial charge on any atom is 0.312 e. The van der Waals surface area contributed by atoms with Gasteiger partial charge in [-0.25, -0.2) is 0 Å². The minimum atomic E-state index is -0.514. The zero-order chi connectivity index (χ0) is 20.3. The molecule has 0 spiro atoms. The fourth-order valence-corrected chi connectivity index (χ4v) is 2.85. The van der Waals surface area contributed by atoms with Gasteiger partial charge >= 0.3 is 5.69 Å². The molecule has 1 heterocycles. The first-order valence-electron chi connectivity index (χ1n) is 8.40. The molecule has 0 aliphatic rings. The summed E-state index contributed by atoms with van der Waals surface area (Å²) < 4.78 is 1.29. The van der Waals surface area contributed by atoms with Gasteiger partial charge in [0.05, 0.1) is 11.5 Å². The van der Waals surface area contributed by atoms with Gasteiger partial charge in [0.1, 0.15) is 17.9 Å². The predicted molar refractivity (Wildman–Crippen MR) is 101 cm³/mol. The van der Waals surface area contributed by atoms with Crippen LogP contribution in [0.4, 0.5) is 11.4 Å². The number of para-hydroxylation sites is 1. The number of amides is 2. The van der Waals surface area contributed by atoms with Crippen molar-refractivity contribution in [2.75, 3.05) is 18.9 Å². The lowest BCUT2D eigenvalue weighted by Gasteiger charge is -2.18. The number of aryl methyl sites for hydroxylation is 3. The second kappa shape index (κ2) is 7.98. The molecule has 1 N–H and O–H groups in total. The van der Waals surface area contributed by atoms with Crippen LogP contribution in [-0.4, -0.2) is 45.0 Å². The number of anilines is 1. The molecule has 1 aromatic heterocycles. The van der Waals surface area contributed by atoms with Crippen molar-refractivity contribution >= 4 is 23.2 Å². The summed E-state index contributed by atoms with van der Waals surface area (Å²) in [6.45, 7) is 6.55. The third-order valence-corrected chi connectivity index (χ3v) is 4.36. The lowest BCUT2D eigenvalue weighted by molar-refractivity contribution is -0.386. The predicted octanol–water partition coefficient (Wildman–Crippen LogP) is 2.12. The highest BCUT2D eigenvalue weighted by Gasteiger charge is 2.24. The van der Waals surface area contributed by atoms with E-state index in [1.54, 1.807) is 6.92 Å². The number of nitrogens with one attached hydrogen (secondary N) is 1. The van der Waals surface area contributed by atoms with E-state index >= 15 is 0 Å². The number of nitro groups is 1. The lowest BCUT2D eigenvalue weighted by Crippen LogP contribution is -2.37. The monoisotopic (exact) mass is 373 g/mol. The van der Waals surface area contributed by atoms with Gasteiger partial charge in [0.25, 0.3) is 0 Å². The topological polar surface area (TPSA) is 110 Å². The van der Waals surface area contributed by atoms with Crippen LogP contribution >= 0.6 is 0 Å². The third-order valence-electron chi connectivity index (χ3n) is 4.36. The number of aromatic nitrogens is 2. The molecule has 0 aliphatic heterocycles. The average Bonchev–Trinajstić information content (AvgIpc) is 2.84. The molecule has 2 aromatic rings. The Morgan fingerprint density at radius 1 is 1.22 bits per heavy atom. The molecular weight excluding hydrogens is 350 g/mol. The van der Waals surface area contributed by atoms with Crippen molar-refractivity contribution in [2.24, 2.45) is 0 Å². The van der Waals surface area contributed by atoms with Crippen molar-refractivity contribution in [2.45, 2.75) is 34.2 Å². The van der Waals surface area contributed by atoms with Crippen LogP contribution in [0.3, 0.4) is 0 Å². The molecule has 2 amide bonds. The Kier molecular flexibility index (Phi) is 5.94. The zero-order valence-corrected chi connectivity index (χ0v) is 16.1. The highest BCUT2D eigenvalue weighted by atomic mass is 16.6. The van der Waals surface area contributed by atoms with E-state index in [1.165, 1.54) is 23.6 Å². The van der Waals surface area contributed by atoms with E-state index in [-0.39, 0.29) is 36.3 Å². The summed E-state index contributed by atoms with van der Waals surface area (Å²) in [7, 11) is 1.51. The Labute approximate surface area is 157 Å². The Morgan fingerprint density at radius 2 is 1.81 bits per heavy atom. The standard InChI is InChI=1S/C18H23N5O4/c1-11-7-6-8-12(2)17(11)19-15(24)9-21(5)16(25)10-22-14(4)18(23(26)27)13(3)20-22/h6-8H,9-10H2,1-5H3,(H,19,24). The summed E-state index contributed by atoms with van der Waals surface area (Å²) in [5.74, 6) is -0.685. The second-order valence-corrected chi connectivity index (χ2v) is 6.50. The van der Waals surface area contributed by atoms with Gasteiger partial charge in [0.2, 0.25) is 11.8 Å². The molecule has 0 aliphatic carbocycles. The minimum Gasteiger partial charge on any atom is -0.335 e. The van der Waals surface area contributed by atoms with Crippen molar-refractivity contribution in [1.29, 1.82) is 0 Å². The number of nitrogens with zero attached hydrogens (tertiary/aromatic N) is 4. The van der Waals surface area contributed by atoms with Crippen LogP contribution < -0.4 is 5.32 Å². The van der Waals surface area contributed by atoms with Crippen molar-refractivity contribution < 1.29 is 14.5 Å². The first kappa shape index (κ1) is 20.1. The molecule has 9 nitrogen and oxygen atoms in total. The van der Waals surface area contributed by atoms with E-state index in [0.717, 1.165) is 16.8 Å². The second-order valence-electron chi connectivity index (χ2n) is 6.50. The number of carbonyl (C=O) groups is 2. The molecule has 0 unspecified atom stereocenters.